The molecule has 2 aromatic heterocycles. The lowest BCUT2D eigenvalue weighted by molar-refractivity contribution is 0.0951. The smallest absolute Gasteiger partial charge is 0.252 e. The van der Waals surface area contributed by atoms with Crippen LogP contribution < -0.4 is 5.32 Å². The Hall–Kier alpha value is -2.31. The maximum atomic E-state index is 12.6. The van der Waals surface area contributed by atoms with Crippen molar-refractivity contribution in [1.29, 1.82) is 0 Å². The summed E-state index contributed by atoms with van der Waals surface area (Å²) in [5, 5.41) is 3.03. The van der Waals surface area contributed by atoms with Crippen LogP contribution in [0.25, 0.3) is 5.65 Å². The van der Waals surface area contributed by atoms with Gasteiger partial charge in [0.1, 0.15) is 5.65 Å². The minimum atomic E-state index is -0.0331. The van der Waals surface area contributed by atoms with Crippen molar-refractivity contribution < 1.29 is 9.53 Å². The Labute approximate surface area is 163 Å². The van der Waals surface area contributed by atoms with Crippen LogP contribution in [0.5, 0.6) is 0 Å². The summed E-state index contributed by atoms with van der Waals surface area (Å²) in [5.41, 5.74) is 2.63. The van der Waals surface area contributed by atoms with Crippen molar-refractivity contribution in [2.24, 2.45) is 0 Å². The van der Waals surface area contributed by atoms with E-state index in [-0.39, 0.29) is 5.91 Å². The van der Waals surface area contributed by atoms with Gasteiger partial charge < -0.3 is 14.5 Å². The van der Waals surface area contributed by atoms with Gasteiger partial charge in [0.25, 0.3) is 5.91 Å². The minimum Gasteiger partial charge on any atom is -0.377 e. The molecule has 1 unspecified atom stereocenters. The third kappa shape index (κ3) is 4.51. The molecule has 140 valence electrons. The first-order valence-corrected chi connectivity index (χ1v) is 10.3. The average Bonchev–Trinajstić information content (AvgIpc) is 3.35. The van der Waals surface area contributed by atoms with E-state index in [2.05, 4.69) is 10.3 Å². The predicted octanol–water partition coefficient (Wildman–Crippen LogP) is 3.58. The number of nitrogens with one attached hydrogen (secondary N) is 1. The Morgan fingerprint density at radius 1 is 1.26 bits per heavy atom. The second-order valence-corrected chi connectivity index (χ2v) is 7.71. The zero-order valence-electron chi connectivity index (χ0n) is 15.1. The van der Waals surface area contributed by atoms with E-state index in [1.54, 1.807) is 11.8 Å². The van der Waals surface area contributed by atoms with Crippen LogP contribution in [0, 0.1) is 0 Å². The van der Waals surface area contributed by atoms with Gasteiger partial charge >= 0.3 is 0 Å². The van der Waals surface area contributed by atoms with Crippen molar-refractivity contribution in [1.82, 2.24) is 14.7 Å². The lowest BCUT2D eigenvalue weighted by atomic mass is 10.2. The zero-order chi connectivity index (χ0) is 18.5. The SMILES string of the molecule is O=C(NCCc1cn2ccccc2n1)c1ccccc1SCC1CCCO1. The largest absolute Gasteiger partial charge is 0.377 e. The molecule has 0 radical (unpaired) electrons. The molecule has 1 amide bonds. The molecular weight excluding hydrogens is 358 g/mol. The number of carbonyl (C=O) groups is 1. The fourth-order valence-electron chi connectivity index (χ4n) is 3.25. The second-order valence-electron chi connectivity index (χ2n) is 6.65. The molecule has 1 aliphatic rings. The molecule has 5 nitrogen and oxygen atoms in total. The Kier molecular flexibility index (Phi) is 5.75. The number of ether oxygens (including phenoxy) is 1. The highest BCUT2D eigenvalue weighted by Crippen LogP contribution is 2.26. The molecule has 0 bridgehead atoms. The molecular formula is C21H23N3O2S. The number of rotatable bonds is 7. The number of amides is 1. The molecule has 1 aromatic carbocycles. The van der Waals surface area contributed by atoms with E-state index < -0.39 is 0 Å². The van der Waals surface area contributed by atoms with E-state index in [1.165, 1.54) is 0 Å². The highest BCUT2D eigenvalue weighted by Gasteiger charge is 2.17. The molecule has 1 N–H and O–H groups in total. The van der Waals surface area contributed by atoms with E-state index in [0.29, 0.717) is 19.1 Å². The average molecular weight is 382 g/mol. The van der Waals surface area contributed by atoms with Crippen molar-refractivity contribution in [2.45, 2.75) is 30.3 Å². The number of nitrogens with zero attached hydrogens (tertiary/aromatic N) is 2. The van der Waals surface area contributed by atoms with Crippen LogP contribution in [0.2, 0.25) is 0 Å². The topological polar surface area (TPSA) is 55.6 Å². The molecule has 1 fully saturated rings. The number of hydrogen-bond donors (Lipinski definition) is 1. The maximum absolute atomic E-state index is 12.6. The van der Waals surface area contributed by atoms with E-state index in [9.17, 15) is 4.79 Å². The number of carbonyl (C=O) groups excluding carboxylic acids is 1. The van der Waals surface area contributed by atoms with Gasteiger partial charge in [-0.2, -0.15) is 0 Å². The van der Waals surface area contributed by atoms with Crippen LogP contribution in [-0.4, -0.2) is 40.3 Å². The van der Waals surface area contributed by atoms with Crippen molar-refractivity contribution >= 4 is 23.3 Å². The summed E-state index contributed by atoms with van der Waals surface area (Å²) in [6.45, 7) is 1.42. The lowest BCUT2D eigenvalue weighted by Crippen LogP contribution is -2.26. The van der Waals surface area contributed by atoms with E-state index >= 15 is 0 Å². The number of benzene rings is 1. The predicted molar refractivity (Wildman–Crippen MR) is 107 cm³/mol. The van der Waals surface area contributed by atoms with Crippen LogP contribution in [0.4, 0.5) is 0 Å². The molecule has 3 heterocycles. The number of thioether (sulfide) groups is 1. The van der Waals surface area contributed by atoms with Gasteiger partial charge in [-0.15, -0.1) is 11.8 Å². The van der Waals surface area contributed by atoms with Crippen molar-refractivity contribution in [3.05, 3.63) is 66.1 Å². The first kappa shape index (κ1) is 18.1. The molecule has 27 heavy (non-hydrogen) atoms. The first-order valence-electron chi connectivity index (χ1n) is 9.34. The highest BCUT2D eigenvalue weighted by molar-refractivity contribution is 7.99. The molecule has 6 heteroatoms. The van der Waals surface area contributed by atoms with Gasteiger partial charge in [0.15, 0.2) is 0 Å². The van der Waals surface area contributed by atoms with Crippen LogP contribution in [0.3, 0.4) is 0 Å². The minimum absolute atomic E-state index is 0.0331. The summed E-state index contributed by atoms with van der Waals surface area (Å²) in [4.78, 5) is 18.2. The molecule has 0 spiro atoms. The Morgan fingerprint density at radius 2 is 2.15 bits per heavy atom. The van der Waals surface area contributed by atoms with Gasteiger partial charge in [-0.1, -0.05) is 18.2 Å². The third-order valence-electron chi connectivity index (χ3n) is 4.66. The number of fused-ring (bicyclic) bond motifs is 1. The van der Waals surface area contributed by atoms with Gasteiger partial charge in [-0.05, 0) is 37.1 Å². The molecule has 0 saturated carbocycles. The molecule has 3 aromatic rings. The molecule has 1 saturated heterocycles. The highest BCUT2D eigenvalue weighted by atomic mass is 32.2. The lowest BCUT2D eigenvalue weighted by Gasteiger charge is -2.12. The van der Waals surface area contributed by atoms with E-state index in [0.717, 1.165) is 47.0 Å². The summed E-state index contributed by atoms with van der Waals surface area (Å²) >= 11 is 1.70. The molecule has 1 atom stereocenters. The maximum Gasteiger partial charge on any atom is 0.252 e. The molecule has 1 aliphatic heterocycles. The van der Waals surface area contributed by atoms with Crippen molar-refractivity contribution in [2.75, 3.05) is 18.9 Å². The first-order chi connectivity index (χ1) is 13.3. The summed E-state index contributed by atoms with van der Waals surface area (Å²) in [5.74, 6) is 0.861. The van der Waals surface area contributed by atoms with Gasteiger partial charge in [0, 0.05) is 42.6 Å². The Morgan fingerprint density at radius 3 is 3.00 bits per heavy atom. The fraction of sp³-hybridized carbons (Fsp3) is 0.333. The monoisotopic (exact) mass is 381 g/mol. The quantitative estimate of drug-likeness (QED) is 0.636. The van der Waals surface area contributed by atoms with Crippen LogP contribution in [0.1, 0.15) is 28.9 Å². The van der Waals surface area contributed by atoms with E-state index in [4.69, 9.17) is 4.74 Å². The number of hydrogen-bond acceptors (Lipinski definition) is 4. The summed E-state index contributed by atoms with van der Waals surface area (Å²) in [7, 11) is 0. The number of imidazole rings is 1. The third-order valence-corrected chi connectivity index (χ3v) is 5.87. The summed E-state index contributed by atoms with van der Waals surface area (Å²) in [6, 6.07) is 13.7. The van der Waals surface area contributed by atoms with Gasteiger partial charge in [0.2, 0.25) is 0 Å². The van der Waals surface area contributed by atoms with Crippen LogP contribution in [0.15, 0.2) is 59.8 Å². The van der Waals surface area contributed by atoms with Crippen molar-refractivity contribution in [3.8, 4) is 0 Å². The molecule has 4 rings (SSSR count). The van der Waals surface area contributed by atoms with E-state index in [1.807, 2.05) is 59.3 Å². The molecule has 0 aliphatic carbocycles. The second kappa shape index (κ2) is 8.59. The van der Waals surface area contributed by atoms with Gasteiger partial charge in [0.05, 0.1) is 17.4 Å². The number of aromatic nitrogens is 2. The fourth-order valence-corrected chi connectivity index (χ4v) is 4.36. The summed E-state index contributed by atoms with van der Waals surface area (Å²) < 4.78 is 7.68. The number of pyridine rings is 1. The Bertz CT molecular complexity index is 885. The standard InChI is InChI=1S/C21H23N3O2S/c25-21(22-11-10-16-14-24-12-4-3-9-20(24)23-16)18-7-1-2-8-19(18)27-15-17-6-5-13-26-17/h1-4,7-9,12,14,17H,5-6,10-11,13,15H2,(H,22,25). The Balaban J connectivity index is 1.33. The van der Waals surface area contributed by atoms with Crippen molar-refractivity contribution in [3.63, 3.8) is 0 Å². The van der Waals surface area contributed by atoms with Crippen LogP contribution >= 0.6 is 11.8 Å². The zero-order valence-corrected chi connectivity index (χ0v) is 16.0. The van der Waals surface area contributed by atoms with Crippen LogP contribution in [-0.2, 0) is 11.2 Å². The van der Waals surface area contributed by atoms with Gasteiger partial charge in [-0.3, -0.25) is 4.79 Å². The summed E-state index contributed by atoms with van der Waals surface area (Å²) in [6.07, 6.45) is 7.25. The van der Waals surface area contributed by atoms with Gasteiger partial charge in [-0.25, -0.2) is 4.98 Å². The normalized spacial score (nSPS) is 16.7.